The molecule has 16 heavy (non-hydrogen) atoms. The zero-order valence-electron chi connectivity index (χ0n) is 9.34. The highest BCUT2D eigenvalue weighted by molar-refractivity contribution is 6.45. The van der Waals surface area contributed by atoms with E-state index in [9.17, 15) is 9.82 Å². The summed E-state index contributed by atoms with van der Waals surface area (Å²) >= 11 is 0. The third-order valence-corrected chi connectivity index (χ3v) is 2.19. The molecule has 0 aromatic carbocycles. The summed E-state index contributed by atoms with van der Waals surface area (Å²) in [4.78, 5) is 17.4. The summed E-state index contributed by atoms with van der Waals surface area (Å²) < 4.78 is 0. The molecule has 0 spiro atoms. The number of carbonyl (C=O) groups excluding carboxylic acids is 1. The highest BCUT2D eigenvalue weighted by Gasteiger charge is 2.18. The van der Waals surface area contributed by atoms with E-state index in [0.29, 0.717) is 12.2 Å². The molecule has 1 N–H and O–H groups in total. The van der Waals surface area contributed by atoms with Crippen LogP contribution in [0.3, 0.4) is 0 Å². The van der Waals surface area contributed by atoms with Crippen LogP contribution in [-0.4, -0.2) is 40.7 Å². The first kappa shape index (κ1) is 12.6. The minimum Gasteiger partial charge on any atom is -0.437 e. The van der Waals surface area contributed by atoms with Crippen molar-refractivity contribution in [3.05, 3.63) is 42.7 Å². The van der Waals surface area contributed by atoms with Crippen LogP contribution in [0.1, 0.15) is 10.5 Å². The molecule has 0 radical (unpaired) electrons. The molecule has 0 saturated carbocycles. The van der Waals surface area contributed by atoms with Gasteiger partial charge in [-0.2, -0.15) is 0 Å². The summed E-state index contributed by atoms with van der Waals surface area (Å²) in [6.07, 6.45) is 3.23. The van der Waals surface area contributed by atoms with E-state index in [1.807, 2.05) is 0 Å². The third-order valence-electron chi connectivity index (χ3n) is 2.19. The molecule has 5 heteroatoms. The van der Waals surface area contributed by atoms with E-state index < -0.39 is 7.05 Å². The highest BCUT2D eigenvalue weighted by Crippen LogP contribution is 2.00. The van der Waals surface area contributed by atoms with Crippen LogP contribution >= 0.6 is 0 Å². The molecule has 0 aliphatic rings. The molecule has 0 atom stereocenters. The van der Waals surface area contributed by atoms with Gasteiger partial charge in [0.1, 0.15) is 5.69 Å². The summed E-state index contributed by atoms with van der Waals surface area (Å²) in [5.74, 6) is -0.108. The fraction of sp³-hybridized carbons (Fsp3) is 0.273. The molecule has 1 rings (SSSR count). The maximum atomic E-state index is 11.8. The predicted octanol–water partition coefficient (Wildman–Crippen LogP) is 0.863. The average Bonchev–Trinajstić information content (AvgIpc) is 2.29. The summed E-state index contributed by atoms with van der Waals surface area (Å²) in [5.41, 5.74) is 0.414. The van der Waals surface area contributed by atoms with Crippen LogP contribution in [0.5, 0.6) is 0 Å². The van der Waals surface area contributed by atoms with Gasteiger partial charge in [0.15, 0.2) is 5.78 Å². The van der Waals surface area contributed by atoms with Crippen LogP contribution in [-0.2, 0) is 0 Å². The van der Waals surface area contributed by atoms with Crippen molar-refractivity contribution < 1.29 is 9.82 Å². The summed E-state index contributed by atoms with van der Waals surface area (Å²) in [6.45, 7) is 5.81. The van der Waals surface area contributed by atoms with Crippen LogP contribution in [0.4, 0.5) is 0 Å². The smallest absolute Gasteiger partial charge is 0.377 e. The molecule has 0 unspecified atom stereocenters. The van der Waals surface area contributed by atoms with Gasteiger partial charge in [0.2, 0.25) is 0 Å². The Kier molecular flexibility index (Phi) is 4.89. The number of pyridine rings is 1. The zero-order chi connectivity index (χ0) is 12.0. The van der Waals surface area contributed by atoms with Crippen LogP contribution in [0.15, 0.2) is 37.1 Å². The molecule has 0 aliphatic heterocycles. The fourth-order valence-electron chi connectivity index (χ4n) is 1.31. The lowest BCUT2D eigenvalue weighted by Gasteiger charge is -2.19. The Morgan fingerprint density at radius 2 is 2.44 bits per heavy atom. The number of rotatable bonds is 6. The molecule has 0 bridgehead atoms. The number of hydrogen-bond acceptors (Lipinski definition) is 4. The Labute approximate surface area is 95.7 Å². The van der Waals surface area contributed by atoms with Crippen molar-refractivity contribution in [2.75, 3.05) is 13.1 Å². The molecule has 1 heterocycles. The third kappa shape index (κ3) is 3.60. The van der Waals surface area contributed by atoms with E-state index in [2.05, 4.69) is 11.6 Å². The van der Waals surface area contributed by atoms with Crippen molar-refractivity contribution in [2.24, 2.45) is 0 Å². The maximum Gasteiger partial charge on any atom is 0.377 e. The molecule has 1 aromatic rings. The van der Waals surface area contributed by atoms with Crippen LogP contribution in [0, 0.1) is 0 Å². The number of aromatic nitrogens is 1. The van der Waals surface area contributed by atoms with E-state index >= 15 is 0 Å². The van der Waals surface area contributed by atoms with E-state index in [1.54, 1.807) is 42.1 Å². The van der Waals surface area contributed by atoms with Gasteiger partial charge in [0.25, 0.3) is 0 Å². The quantitative estimate of drug-likeness (QED) is 0.437. The van der Waals surface area contributed by atoms with Gasteiger partial charge in [-0.1, -0.05) is 12.1 Å². The number of carbonyl (C=O) groups is 1. The van der Waals surface area contributed by atoms with Gasteiger partial charge >= 0.3 is 7.05 Å². The second-order valence-electron chi connectivity index (χ2n) is 3.49. The SMILES string of the molecule is C=CCN(CC(=O)c1ccccn1)B(C)O. The minimum absolute atomic E-state index is 0.108. The molecular formula is C11H15BN2O2. The molecule has 4 nitrogen and oxygen atoms in total. The summed E-state index contributed by atoms with van der Waals surface area (Å²) in [6, 6.07) is 5.18. The Balaban J connectivity index is 2.65. The summed E-state index contributed by atoms with van der Waals surface area (Å²) in [5, 5.41) is 9.44. The Morgan fingerprint density at radius 1 is 1.69 bits per heavy atom. The number of Topliss-reactive ketones (excluding diaryl/α,β-unsaturated/α-hetero) is 1. The van der Waals surface area contributed by atoms with Crippen LogP contribution < -0.4 is 0 Å². The van der Waals surface area contributed by atoms with Crippen molar-refractivity contribution >= 4 is 12.8 Å². The Hall–Kier alpha value is -1.46. The number of ketones is 1. The Morgan fingerprint density at radius 3 is 2.94 bits per heavy atom. The van der Waals surface area contributed by atoms with Crippen molar-refractivity contribution in [1.29, 1.82) is 0 Å². The lowest BCUT2D eigenvalue weighted by Crippen LogP contribution is -2.41. The van der Waals surface area contributed by atoms with E-state index in [1.165, 1.54) is 0 Å². The first-order valence-electron chi connectivity index (χ1n) is 5.12. The number of nitrogens with zero attached hydrogens (tertiary/aromatic N) is 2. The maximum absolute atomic E-state index is 11.8. The Bertz CT molecular complexity index is 354. The fourth-order valence-corrected chi connectivity index (χ4v) is 1.31. The number of hydrogen-bond donors (Lipinski definition) is 1. The topological polar surface area (TPSA) is 53.4 Å². The van der Waals surface area contributed by atoms with Crippen molar-refractivity contribution in [3.63, 3.8) is 0 Å². The van der Waals surface area contributed by atoms with Crippen molar-refractivity contribution in [1.82, 2.24) is 9.79 Å². The van der Waals surface area contributed by atoms with Gasteiger partial charge in [0.05, 0.1) is 6.54 Å². The first-order chi connectivity index (χ1) is 7.65. The second-order valence-corrected chi connectivity index (χ2v) is 3.49. The van der Waals surface area contributed by atoms with Crippen LogP contribution in [0.25, 0.3) is 0 Å². The molecule has 84 valence electrons. The molecule has 1 aromatic heterocycles. The van der Waals surface area contributed by atoms with Crippen molar-refractivity contribution in [2.45, 2.75) is 6.82 Å². The molecule has 0 aliphatic carbocycles. The first-order valence-corrected chi connectivity index (χ1v) is 5.12. The minimum atomic E-state index is -0.675. The molecule has 0 fully saturated rings. The lowest BCUT2D eigenvalue weighted by molar-refractivity contribution is 0.0959. The van der Waals surface area contributed by atoms with Gasteiger partial charge in [0, 0.05) is 12.7 Å². The monoisotopic (exact) mass is 218 g/mol. The lowest BCUT2D eigenvalue weighted by atomic mass is 9.84. The molecular weight excluding hydrogens is 203 g/mol. The van der Waals surface area contributed by atoms with Gasteiger partial charge in [-0.25, -0.2) is 0 Å². The van der Waals surface area contributed by atoms with Crippen LogP contribution in [0.2, 0.25) is 6.82 Å². The van der Waals surface area contributed by atoms with E-state index in [-0.39, 0.29) is 12.3 Å². The highest BCUT2D eigenvalue weighted by atomic mass is 16.2. The average molecular weight is 218 g/mol. The predicted molar refractivity (Wildman–Crippen MR) is 64.2 cm³/mol. The molecule has 0 saturated heterocycles. The molecule has 0 amide bonds. The van der Waals surface area contributed by atoms with Gasteiger partial charge in [-0.3, -0.25) is 9.78 Å². The van der Waals surface area contributed by atoms with E-state index in [0.717, 1.165) is 0 Å². The second kappa shape index (κ2) is 6.20. The summed E-state index contributed by atoms with van der Waals surface area (Å²) in [7, 11) is -0.675. The van der Waals surface area contributed by atoms with Gasteiger partial charge < -0.3 is 9.83 Å². The van der Waals surface area contributed by atoms with Crippen molar-refractivity contribution in [3.8, 4) is 0 Å². The van der Waals surface area contributed by atoms with Gasteiger partial charge in [-0.15, -0.1) is 6.58 Å². The van der Waals surface area contributed by atoms with Gasteiger partial charge in [-0.05, 0) is 19.0 Å². The largest absolute Gasteiger partial charge is 0.437 e. The normalized spacial score (nSPS) is 10.2. The zero-order valence-corrected chi connectivity index (χ0v) is 9.34. The standard InChI is InChI=1S/C11H15BN2O2/c1-3-8-14(12(2)16)9-11(15)10-6-4-5-7-13-10/h3-7,16H,1,8-9H2,2H3. The van der Waals surface area contributed by atoms with E-state index in [4.69, 9.17) is 0 Å².